The van der Waals surface area contributed by atoms with E-state index in [0.717, 1.165) is 12.4 Å². The third kappa shape index (κ3) is 2.94. The molecule has 1 aliphatic heterocycles. The second-order valence-electron chi connectivity index (χ2n) is 8.55. The first-order chi connectivity index (χ1) is 9.52. The lowest BCUT2D eigenvalue weighted by Crippen LogP contribution is -2.55. The van der Waals surface area contributed by atoms with Crippen LogP contribution in [0.3, 0.4) is 0 Å². The largest absolute Gasteiger partial charge is 0.520 e. The number of hydrogen-bond acceptors (Lipinski definition) is 2. The van der Waals surface area contributed by atoms with Crippen LogP contribution in [0.5, 0.6) is 0 Å². The van der Waals surface area contributed by atoms with Gasteiger partial charge in [0, 0.05) is 11.5 Å². The van der Waals surface area contributed by atoms with Gasteiger partial charge in [-0.2, -0.15) is 0 Å². The summed E-state index contributed by atoms with van der Waals surface area (Å²) >= 11 is 0. The van der Waals surface area contributed by atoms with Gasteiger partial charge in [0.2, 0.25) is 8.32 Å². The summed E-state index contributed by atoms with van der Waals surface area (Å²) in [6.07, 6.45) is 5.57. The van der Waals surface area contributed by atoms with Crippen LogP contribution >= 0.6 is 0 Å². The first-order valence-electron chi connectivity index (χ1n) is 8.25. The van der Waals surface area contributed by atoms with Gasteiger partial charge in [-0.15, -0.1) is 0 Å². The molecule has 0 bridgehead atoms. The van der Waals surface area contributed by atoms with Gasteiger partial charge in [-0.25, -0.2) is 0 Å². The highest BCUT2D eigenvalue weighted by molar-refractivity contribution is 6.70. The molecular formula is C18H32O2Si. The normalized spacial score (nSPS) is 35.8. The Kier molecular flexibility index (Phi) is 4.11. The lowest BCUT2D eigenvalue weighted by Gasteiger charge is -2.56. The van der Waals surface area contributed by atoms with E-state index in [1.807, 2.05) is 0 Å². The molecule has 2 rings (SSSR count). The zero-order chi connectivity index (χ0) is 16.1. The van der Waals surface area contributed by atoms with Gasteiger partial charge in [-0.1, -0.05) is 27.4 Å². The molecule has 1 unspecified atom stereocenters. The molecule has 0 amide bonds. The third-order valence-electron chi connectivity index (χ3n) is 5.29. The third-order valence-corrected chi connectivity index (χ3v) is 6.09. The zero-order valence-electron chi connectivity index (χ0n) is 14.9. The highest BCUT2D eigenvalue weighted by Crippen LogP contribution is 2.56. The van der Waals surface area contributed by atoms with Crippen LogP contribution in [-0.4, -0.2) is 13.9 Å². The number of hydrogen-bond donors (Lipinski definition) is 0. The van der Waals surface area contributed by atoms with E-state index in [2.05, 4.69) is 60.0 Å². The minimum absolute atomic E-state index is 0.254. The van der Waals surface area contributed by atoms with Gasteiger partial charge >= 0.3 is 0 Å². The molecule has 0 aromatic rings. The molecule has 1 fully saturated rings. The fourth-order valence-corrected chi connectivity index (χ4v) is 5.11. The van der Waals surface area contributed by atoms with Gasteiger partial charge in [0.15, 0.2) is 0 Å². The Bertz CT molecular complexity index is 458. The number of ether oxygens (including phenoxy) is 1. The number of allylic oxidation sites excluding steroid dienone is 1. The molecule has 120 valence electrons. The summed E-state index contributed by atoms with van der Waals surface area (Å²) in [5.74, 6) is 1.74. The summed E-state index contributed by atoms with van der Waals surface area (Å²) in [6.45, 7) is 20.0. The van der Waals surface area contributed by atoms with Crippen molar-refractivity contribution in [3.8, 4) is 0 Å². The zero-order valence-corrected chi connectivity index (χ0v) is 15.9. The summed E-state index contributed by atoms with van der Waals surface area (Å²) < 4.78 is 12.7. The van der Waals surface area contributed by atoms with Crippen LogP contribution < -0.4 is 0 Å². The number of rotatable bonds is 3. The van der Waals surface area contributed by atoms with E-state index in [-0.39, 0.29) is 11.0 Å². The molecular weight excluding hydrogens is 276 g/mol. The smallest absolute Gasteiger partial charge is 0.265 e. The van der Waals surface area contributed by atoms with E-state index in [1.54, 1.807) is 0 Å². The SMILES string of the molecule is C=CC12CCCC(C)(C)[C@H]1[C@H](C)C(C)=C(O[Si](C)(C)C)O2. The van der Waals surface area contributed by atoms with Crippen molar-refractivity contribution >= 4 is 8.32 Å². The minimum atomic E-state index is -1.67. The summed E-state index contributed by atoms with van der Waals surface area (Å²) in [5.41, 5.74) is 1.29. The molecule has 1 aliphatic carbocycles. The Labute approximate surface area is 131 Å². The molecule has 3 atom stereocenters. The minimum Gasteiger partial charge on any atom is -0.520 e. The molecule has 1 heterocycles. The molecule has 0 aromatic heterocycles. The van der Waals surface area contributed by atoms with Crippen molar-refractivity contribution in [1.29, 1.82) is 0 Å². The van der Waals surface area contributed by atoms with Gasteiger partial charge in [0.25, 0.3) is 5.95 Å². The molecule has 2 aliphatic rings. The van der Waals surface area contributed by atoms with Gasteiger partial charge in [-0.3, -0.25) is 0 Å². The van der Waals surface area contributed by atoms with Crippen molar-refractivity contribution in [2.45, 2.75) is 72.2 Å². The predicted molar refractivity (Wildman–Crippen MR) is 91.4 cm³/mol. The average molecular weight is 309 g/mol. The van der Waals surface area contributed by atoms with E-state index >= 15 is 0 Å². The molecule has 3 heteroatoms. The predicted octanol–water partition coefficient (Wildman–Crippen LogP) is 5.49. The van der Waals surface area contributed by atoms with Gasteiger partial charge in [0.1, 0.15) is 5.60 Å². The first-order valence-corrected chi connectivity index (χ1v) is 11.7. The molecule has 21 heavy (non-hydrogen) atoms. The lowest BCUT2D eigenvalue weighted by molar-refractivity contribution is -0.145. The molecule has 0 aromatic carbocycles. The van der Waals surface area contributed by atoms with Crippen LogP contribution in [0.4, 0.5) is 0 Å². The Balaban J connectivity index is 2.46. The Morgan fingerprint density at radius 2 is 1.90 bits per heavy atom. The maximum absolute atomic E-state index is 6.50. The molecule has 0 spiro atoms. The van der Waals surface area contributed by atoms with Crippen LogP contribution in [0, 0.1) is 17.3 Å². The molecule has 1 saturated carbocycles. The second-order valence-corrected chi connectivity index (χ2v) is 13.0. The summed E-state index contributed by atoms with van der Waals surface area (Å²) in [5, 5.41) is 0. The van der Waals surface area contributed by atoms with Crippen LogP contribution in [0.2, 0.25) is 19.6 Å². The van der Waals surface area contributed by atoms with Crippen molar-refractivity contribution in [2.75, 3.05) is 0 Å². The number of fused-ring (bicyclic) bond motifs is 1. The maximum Gasteiger partial charge on any atom is 0.265 e. The monoisotopic (exact) mass is 308 g/mol. The Morgan fingerprint density at radius 3 is 2.43 bits per heavy atom. The lowest BCUT2D eigenvalue weighted by atomic mass is 9.55. The van der Waals surface area contributed by atoms with Crippen LogP contribution in [0.25, 0.3) is 0 Å². The molecule has 0 saturated heterocycles. The standard InChI is InChI=1S/C18H32O2Si/c1-9-18-12-10-11-17(4,5)15(18)13(2)14(3)16(19-18)20-21(6,7)8/h9,13,15H,1,10-12H2,2-8H3/t13-,15-,18?/m1/s1. The van der Waals surface area contributed by atoms with E-state index < -0.39 is 8.32 Å². The Hall–Kier alpha value is -0.703. The van der Waals surface area contributed by atoms with Crippen LogP contribution in [-0.2, 0) is 9.16 Å². The summed E-state index contributed by atoms with van der Waals surface area (Å²) in [7, 11) is -1.67. The average Bonchev–Trinajstić information content (AvgIpc) is 2.32. The topological polar surface area (TPSA) is 18.5 Å². The first kappa shape index (κ1) is 16.7. The quantitative estimate of drug-likeness (QED) is 0.507. The fourth-order valence-electron chi connectivity index (χ4n) is 4.35. The molecule has 2 nitrogen and oxygen atoms in total. The highest BCUT2D eigenvalue weighted by atomic mass is 28.4. The van der Waals surface area contributed by atoms with Gasteiger partial charge in [0.05, 0.1) is 0 Å². The van der Waals surface area contributed by atoms with Crippen LogP contribution in [0.1, 0.15) is 47.0 Å². The van der Waals surface area contributed by atoms with E-state index in [1.165, 1.54) is 18.4 Å². The van der Waals surface area contributed by atoms with Gasteiger partial charge in [-0.05, 0) is 63.2 Å². The second kappa shape index (κ2) is 5.19. The van der Waals surface area contributed by atoms with Crippen molar-refractivity contribution in [2.24, 2.45) is 17.3 Å². The van der Waals surface area contributed by atoms with Crippen molar-refractivity contribution in [3.63, 3.8) is 0 Å². The van der Waals surface area contributed by atoms with Crippen molar-refractivity contribution in [3.05, 3.63) is 24.2 Å². The van der Waals surface area contributed by atoms with Crippen molar-refractivity contribution in [1.82, 2.24) is 0 Å². The van der Waals surface area contributed by atoms with Crippen LogP contribution in [0.15, 0.2) is 24.2 Å². The van der Waals surface area contributed by atoms with E-state index in [0.29, 0.717) is 11.8 Å². The van der Waals surface area contributed by atoms with Gasteiger partial charge < -0.3 is 9.16 Å². The van der Waals surface area contributed by atoms with E-state index in [9.17, 15) is 0 Å². The fraction of sp³-hybridized carbons (Fsp3) is 0.778. The molecule has 0 radical (unpaired) electrons. The highest BCUT2D eigenvalue weighted by Gasteiger charge is 2.55. The molecule has 0 N–H and O–H groups in total. The maximum atomic E-state index is 6.50. The summed E-state index contributed by atoms with van der Waals surface area (Å²) in [4.78, 5) is 0. The summed E-state index contributed by atoms with van der Waals surface area (Å²) in [6, 6.07) is 0. The Morgan fingerprint density at radius 1 is 1.29 bits per heavy atom. The van der Waals surface area contributed by atoms with E-state index in [4.69, 9.17) is 9.16 Å². The van der Waals surface area contributed by atoms with Crippen molar-refractivity contribution < 1.29 is 9.16 Å².